The van der Waals surface area contributed by atoms with Crippen molar-refractivity contribution in [3.8, 4) is 0 Å². The van der Waals surface area contributed by atoms with Gasteiger partial charge in [0.25, 0.3) is 0 Å². The number of benzene rings is 1. The molecule has 1 aromatic carbocycles. The molecule has 2 aliphatic rings. The van der Waals surface area contributed by atoms with Gasteiger partial charge in [-0.2, -0.15) is 0 Å². The normalized spacial score (nSPS) is 19.9. The summed E-state index contributed by atoms with van der Waals surface area (Å²) in [5, 5.41) is 3.31. The van der Waals surface area contributed by atoms with Crippen molar-refractivity contribution in [3.05, 3.63) is 29.8 Å². The second kappa shape index (κ2) is 5.43. The number of carbonyl (C=O) groups excluding carboxylic acids is 1. The maximum Gasteiger partial charge on any atom is 0.226 e. The van der Waals surface area contributed by atoms with Crippen LogP contribution in [0, 0.1) is 0 Å². The molecule has 0 aliphatic carbocycles. The molecule has 0 radical (unpaired) electrons. The molecule has 1 saturated heterocycles. The van der Waals surface area contributed by atoms with Crippen LogP contribution < -0.4 is 10.2 Å². The second-order valence-corrected chi connectivity index (χ2v) is 5.06. The fourth-order valence-corrected chi connectivity index (χ4v) is 2.60. The van der Waals surface area contributed by atoms with Crippen LogP contribution in [0.1, 0.15) is 31.2 Å². The minimum absolute atomic E-state index is 0.243. The summed E-state index contributed by atoms with van der Waals surface area (Å²) in [4.78, 5) is 18.2. The maximum absolute atomic E-state index is 11.9. The Labute approximate surface area is 113 Å². The van der Waals surface area contributed by atoms with Crippen LogP contribution in [0.5, 0.6) is 0 Å². The van der Waals surface area contributed by atoms with Gasteiger partial charge in [0.15, 0.2) is 0 Å². The van der Waals surface area contributed by atoms with E-state index in [1.54, 1.807) is 0 Å². The van der Waals surface area contributed by atoms with Gasteiger partial charge in [0, 0.05) is 37.3 Å². The molecule has 100 valence electrons. The summed E-state index contributed by atoms with van der Waals surface area (Å²) in [6, 6.07) is 8.15. The van der Waals surface area contributed by atoms with Crippen LogP contribution in [0.4, 0.5) is 5.69 Å². The zero-order valence-corrected chi connectivity index (χ0v) is 11.1. The van der Waals surface area contributed by atoms with Crippen molar-refractivity contribution in [1.29, 1.82) is 0 Å². The molecule has 0 atom stereocenters. The lowest BCUT2D eigenvalue weighted by atomic mass is 10.1. The van der Waals surface area contributed by atoms with Crippen LogP contribution in [0.2, 0.25) is 0 Å². The Kier molecular flexibility index (Phi) is 3.49. The van der Waals surface area contributed by atoms with Crippen molar-refractivity contribution in [2.24, 2.45) is 4.99 Å². The van der Waals surface area contributed by atoms with Gasteiger partial charge in [-0.25, -0.2) is 0 Å². The number of piperidine rings is 1. The van der Waals surface area contributed by atoms with Crippen LogP contribution in [-0.4, -0.2) is 31.4 Å². The summed E-state index contributed by atoms with van der Waals surface area (Å²) in [7, 11) is 0. The van der Waals surface area contributed by atoms with Crippen molar-refractivity contribution in [2.75, 3.05) is 24.5 Å². The highest BCUT2D eigenvalue weighted by Gasteiger charge is 2.19. The Hall–Kier alpha value is -1.84. The molecule has 1 N–H and O–H groups in total. The number of hydrogen-bond donors (Lipinski definition) is 1. The molecule has 0 saturated carbocycles. The highest BCUT2D eigenvalue weighted by atomic mass is 16.2. The van der Waals surface area contributed by atoms with Crippen molar-refractivity contribution in [1.82, 2.24) is 5.32 Å². The predicted octanol–water partition coefficient (Wildman–Crippen LogP) is 1.94. The lowest BCUT2D eigenvalue weighted by molar-refractivity contribution is -0.119. The quantitative estimate of drug-likeness (QED) is 0.880. The van der Waals surface area contributed by atoms with Gasteiger partial charge in [0.2, 0.25) is 5.91 Å². The third-order valence-electron chi connectivity index (χ3n) is 3.67. The van der Waals surface area contributed by atoms with Gasteiger partial charge in [-0.1, -0.05) is 0 Å². The number of rotatable bonds is 2. The van der Waals surface area contributed by atoms with Gasteiger partial charge in [-0.3, -0.25) is 9.79 Å². The Morgan fingerprint density at radius 2 is 1.95 bits per heavy atom. The Morgan fingerprint density at radius 1 is 1.11 bits per heavy atom. The number of nitrogens with one attached hydrogen (secondary N) is 1. The topological polar surface area (TPSA) is 44.7 Å². The van der Waals surface area contributed by atoms with Gasteiger partial charge in [-0.15, -0.1) is 0 Å². The fourth-order valence-electron chi connectivity index (χ4n) is 2.60. The van der Waals surface area contributed by atoms with Crippen molar-refractivity contribution < 1.29 is 4.79 Å². The average Bonchev–Trinajstić information content (AvgIpc) is 2.49. The lowest BCUT2D eigenvalue weighted by Crippen LogP contribution is -2.35. The summed E-state index contributed by atoms with van der Waals surface area (Å²) in [6.45, 7) is 2.73. The minimum Gasteiger partial charge on any atom is -0.370 e. The van der Waals surface area contributed by atoms with E-state index >= 15 is 0 Å². The van der Waals surface area contributed by atoms with Crippen molar-refractivity contribution in [3.63, 3.8) is 0 Å². The highest BCUT2D eigenvalue weighted by Crippen LogP contribution is 2.21. The van der Waals surface area contributed by atoms with E-state index in [2.05, 4.69) is 10.3 Å². The van der Waals surface area contributed by atoms with Crippen LogP contribution in [0.3, 0.4) is 0 Å². The molecular weight excluding hydrogens is 238 g/mol. The first-order valence-electron chi connectivity index (χ1n) is 7.04. The van der Waals surface area contributed by atoms with Gasteiger partial charge < -0.3 is 10.2 Å². The first kappa shape index (κ1) is 12.2. The second-order valence-electron chi connectivity index (χ2n) is 5.06. The SMILES string of the molecule is O=C1CCCCN1c1ccc(C2=NCCCN2)cc1. The van der Waals surface area contributed by atoms with Gasteiger partial charge in [0.05, 0.1) is 0 Å². The fraction of sp³-hybridized carbons (Fsp3) is 0.467. The van der Waals surface area contributed by atoms with E-state index in [4.69, 9.17) is 0 Å². The number of nitrogens with zero attached hydrogens (tertiary/aromatic N) is 2. The summed E-state index contributed by atoms with van der Waals surface area (Å²) in [5.74, 6) is 1.22. The van der Waals surface area contributed by atoms with E-state index in [9.17, 15) is 4.79 Å². The molecule has 19 heavy (non-hydrogen) atoms. The smallest absolute Gasteiger partial charge is 0.226 e. The Morgan fingerprint density at radius 3 is 2.63 bits per heavy atom. The van der Waals surface area contributed by atoms with E-state index in [1.165, 1.54) is 0 Å². The van der Waals surface area contributed by atoms with Gasteiger partial charge in [-0.05, 0) is 43.5 Å². The summed E-state index contributed by atoms with van der Waals surface area (Å²) >= 11 is 0. The molecule has 1 fully saturated rings. The minimum atomic E-state index is 0.243. The third-order valence-corrected chi connectivity index (χ3v) is 3.67. The largest absolute Gasteiger partial charge is 0.370 e. The van der Waals surface area contributed by atoms with Gasteiger partial charge in [0.1, 0.15) is 5.84 Å². The van der Waals surface area contributed by atoms with Crippen LogP contribution >= 0.6 is 0 Å². The molecule has 2 aliphatic heterocycles. The molecule has 4 heteroatoms. The van der Waals surface area contributed by atoms with Crippen molar-refractivity contribution in [2.45, 2.75) is 25.7 Å². The summed E-state index contributed by atoms with van der Waals surface area (Å²) in [6.07, 6.45) is 3.90. The molecule has 4 nitrogen and oxygen atoms in total. The first-order chi connectivity index (χ1) is 9.34. The van der Waals surface area contributed by atoms with Crippen molar-refractivity contribution >= 4 is 17.4 Å². The van der Waals surface area contributed by atoms with E-state index < -0.39 is 0 Å². The number of hydrogen-bond acceptors (Lipinski definition) is 3. The third kappa shape index (κ3) is 2.62. The number of amidine groups is 1. The monoisotopic (exact) mass is 257 g/mol. The number of carbonyl (C=O) groups is 1. The van der Waals surface area contributed by atoms with Gasteiger partial charge >= 0.3 is 0 Å². The van der Waals surface area contributed by atoms with E-state index in [0.29, 0.717) is 6.42 Å². The first-order valence-corrected chi connectivity index (χ1v) is 7.04. The van der Waals surface area contributed by atoms with Crippen LogP contribution in [0.25, 0.3) is 0 Å². The molecule has 0 spiro atoms. The van der Waals surface area contributed by atoms with E-state index in [1.807, 2.05) is 29.2 Å². The standard InChI is InChI=1S/C15H19N3O/c19-14-4-1-2-11-18(14)13-7-5-12(6-8-13)15-16-9-3-10-17-15/h5-8H,1-4,9-11H2,(H,16,17). The predicted molar refractivity (Wildman–Crippen MR) is 76.7 cm³/mol. The molecule has 0 unspecified atom stereocenters. The molecule has 3 rings (SSSR count). The number of anilines is 1. The summed E-state index contributed by atoms with van der Waals surface area (Å²) < 4.78 is 0. The molecular formula is C15H19N3O. The lowest BCUT2D eigenvalue weighted by Gasteiger charge is -2.27. The van der Waals surface area contributed by atoms with E-state index in [-0.39, 0.29) is 5.91 Å². The molecule has 0 bridgehead atoms. The zero-order chi connectivity index (χ0) is 13.1. The Balaban J connectivity index is 1.78. The molecule has 1 aromatic rings. The molecule has 2 heterocycles. The molecule has 1 amide bonds. The highest BCUT2D eigenvalue weighted by molar-refractivity contribution is 6.00. The Bertz CT molecular complexity index is 493. The average molecular weight is 257 g/mol. The zero-order valence-electron chi connectivity index (χ0n) is 11.1. The maximum atomic E-state index is 11.9. The van der Waals surface area contributed by atoms with Crippen LogP contribution in [0.15, 0.2) is 29.3 Å². The van der Waals surface area contributed by atoms with Crippen LogP contribution in [-0.2, 0) is 4.79 Å². The number of amides is 1. The number of aliphatic imine (C=N–C) groups is 1. The summed E-state index contributed by atoms with van der Waals surface area (Å²) in [5.41, 5.74) is 2.11. The van der Waals surface area contributed by atoms with E-state index in [0.717, 1.165) is 56.0 Å². The molecule has 0 aromatic heterocycles.